The van der Waals surface area contributed by atoms with Crippen LogP contribution >= 0.6 is 23.2 Å². The fourth-order valence-electron chi connectivity index (χ4n) is 6.39. The summed E-state index contributed by atoms with van der Waals surface area (Å²) < 4.78 is 44.2. The standard InChI is InChI=1S/C28H32Cl2F3N3O4/c1-15-9-17(7-8-18(15)26(39)40)36-24(28(31,32)33)19(12-34-36)25(38)35(13-16-10-27(2,3)11-16)14-22(37)23-20(29)5-4-6-21(23)30/h4-6,12,15-18H,7-11,13-14H2,1-3H3,(H,39,40)/t15-,17-,18+/m1/s1. The van der Waals surface area contributed by atoms with Crippen molar-refractivity contribution in [3.8, 4) is 0 Å². The van der Waals surface area contributed by atoms with Crippen LogP contribution in [0.3, 0.4) is 0 Å². The van der Waals surface area contributed by atoms with Gasteiger partial charge in [0, 0.05) is 6.54 Å². The second-order valence-corrected chi connectivity index (χ2v) is 12.7. The Balaban J connectivity index is 1.66. The lowest BCUT2D eigenvalue weighted by molar-refractivity contribution is -0.149. The van der Waals surface area contributed by atoms with E-state index in [1.54, 1.807) is 13.0 Å². The molecule has 2 aliphatic rings. The van der Waals surface area contributed by atoms with Gasteiger partial charge in [0.1, 0.15) is 0 Å². The van der Waals surface area contributed by atoms with Crippen molar-refractivity contribution in [3.05, 3.63) is 51.3 Å². The van der Waals surface area contributed by atoms with E-state index >= 15 is 0 Å². The molecule has 12 heteroatoms. The number of carbonyl (C=O) groups is 3. The molecule has 1 heterocycles. The van der Waals surface area contributed by atoms with Crippen molar-refractivity contribution in [3.63, 3.8) is 0 Å². The fraction of sp³-hybridized carbons (Fsp3) is 0.571. The molecule has 7 nitrogen and oxygen atoms in total. The number of Topliss-reactive ketones (excluding diaryl/α,β-unsaturated/α-hetero) is 1. The molecule has 0 bridgehead atoms. The van der Waals surface area contributed by atoms with Gasteiger partial charge >= 0.3 is 12.1 Å². The number of carboxylic acids is 1. The average molecular weight is 602 g/mol. The second-order valence-electron chi connectivity index (χ2n) is 11.9. The summed E-state index contributed by atoms with van der Waals surface area (Å²) >= 11 is 12.4. The lowest BCUT2D eigenvalue weighted by Crippen LogP contribution is -2.45. The van der Waals surface area contributed by atoms with Crippen molar-refractivity contribution in [2.45, 2.75) is 65.1 Å². The van der Waals surface area contributed by atoms with E-state index in [2.05, 4.69) is 18.9 Å². The highest BCUT2D eigenvalue weighted by Crippen LogP contribution is 2.45. The average Bonchev–Trinajstić information content (AvgIpc) is 3.27. The molecule has 0 saturated heterocycles. The van der Waals surface area contributed by atoms with Crippen LogP contribution in [0.25, 0.3) is 0 Å². The van der Waals surface area contributed by atoms with Gasteiger partial charge in [0.2, 0.25) is 0 Å². The zero-order valence-electron chi connectivity index (χ0n) is 22.5. The largest absolute Gasteiger partial charge is 0.481 e. The van der Waals surface area contributed by atoms with Crippen molar-refractivity contribution < 1.29 is 32.7 Å². The Labute approximate surface area is 240 Å². The van der Waals surface area contributed by atoms with Gasteiger partial charge in [-0.05, 0) is 61.5 Å². The molecule has 4 rings (SSSR count). The summed E-state index contributed by atoms with van der Waals surface area (Å²) in [7, 11) is 0. The number of halogens is 5. The highest BCUT2D eigenvalue weighted by molar-refractivity contribution is 6.40. The van der Waals surface area contributed by atoms with E-state index in [9.17, 15) is 32.7 Å². The Morgan fingerprint density at radius 1 is 1.15 bits per heavy atom. The molecule has 2 saturated carbocycles. The Bertz CT molecular complexity index is 1280. The van der Waals surface area contributed by atoms with Crippen LogP contribution < -0.4 is 0 Å². The number of carboxylic acid groups (broad SMARTS) is 1. The molecule has 218 valence electrons. The quantitative estimate of drug-likeness (QED) is 0.328. The molecule has 0 unspecified atom stereocenters. The Morgan fingerprint density at radius 3 is 2.30 bits per heavy atom. The van der Waals surface area contributed by atoms with Crippen LogP contribution in [-0.2, 0) is 11.0 Å². The molecule has 0 aliphatic heterocycles. The van der Waals surface area contributed by atoms with Crippen LogP contribution in [0.1, 0.15) is 85.3 Å². The van der Waals surface area contributed by atoms with Gasteiger partial charge in [-0.2, -0.15) is 18.3 Å². The van der Waals surface area contributed by atoms with Crippen molar-refractivity contribution >= 4 is 40.9 Å². The maximum atomic E-state index is 14.5. The minimum atomic E-state index is -4.91. The first-order valence-corrected chi connectivity index (χ1v) is 14.0. The molecular formula is C28H32Cl2F3N3O4. The van der Waals surface area contributed by atoms with E-state index in [4.69, 9.17) is 23.2 Å². The molecule has 2 aromatic rings. The highest BCUT2D eigenvalue weighted by atomic mass is 35.5. The lowest BCUT2D eigenvalue weighted by Gasteiger charge is -2.44. The number of alkyl halides is 3. The zero-order chi connectivity index (χ0) is 29.6. The van der Waals surface area contributed by atoms with E-state index in [1.807, 2.05) is 0 Å². The third-order valence-electron chi connectivity index (χ3n) is 8.12. The number of aliphatic carboxylic acids is 1. The van der Waals surface area contributed by atoms with Gasteiger partial charge in [-0.1, -0.05) is 50.0 Å². The molecule has 2 fully saturated rings. The number of carbonyl (C=O) groups excluding carboxylic acids is 2. The minimum absolute atomic E-state index is 0.00786. The molecule has 1 aromatic heterocycles. The normalized spacial score (nSPS) is 22.9. The first-order valence-electron chi connectivity index (χ1n) is 13.2. The van der Waals surface area contributed by atoms with Crippen LogP contribution in [-0.4, -0.2) is 50.5 Å². The predicted molar refractivity (Wildman–Crippen MR) is 144 cm³/mol. The van der Waals surface area contributed by atoms with Crippen LogP contribution in [0.15, 0.2) is 24.4 Å². The van der Waals surface area contributed by atoms with Crippen molar-refractivity contribution in [1.29, 1.82) is 0 Å². The first kappa shape index (κ1) is 30.4. The van der Waals surface area contributed by atoms with Crippen LogP contribution in [0.4, 0.5) is 13.2 Å². The minimum Gasteiger partial charge on any atom is -0.481 e. The van der Waals surface area contributed by atoms with Crippen LogP contribution in [0, 0.1) is 23.2 Å². The molecule has 1 amide bonds. The number of rotatable bonds is 8. The lowest BCUT2D eigenvalue weighted by atomic mass is 9.64. The molecule has 1 aromatic carbocycles. The number of aromatic nitrogens is 2. The summed E-state index contributed by atoms with van der Waals surface area (Å²) in [5.41, 5.74) is -1.78. The van der Waals surface area contributed by atoms with E-state index in [0.717, 1.165) is 28.6 Å². The number of amides is 1. The molecule has 2 aliphatic carbocycles. The molecular weight excluding hydrogens is 570 g/mol. The van der Waals surface area contributed by atoms with E-state index in [0.29, 0.717) is 0 Å². The van der Waals surface area contributed by atoms with E-state index in [1.165, 1.54) is 12.1 Å². The van der Waals surface area contributed by atoms with Gasteiger partial charge in [-0.25, -0.2) is 0 Å². The summed E-state index contributed by atoms with van der Waals surface area (Å²) in [6.45, 7) is 5.43. The summed E-state index contributed by atoms with van der Waals surface area (Å²) in [5.74, 6) is -3.50. The predicted octanol–water partition coefficient (Wildman–Crippen LogP) is 7.03. The topological polar surface area (TPSA) is 92.5 Å². The number of benzene rings is 1. The van der Waals surface area contributed by atoms with Gasteiger partial charge < -0.3 is 10.0 Å². The molecule has 1 N–H and O–H groups in total. The molecule has 40 heavy (non-hydrogen) atoms. The fourth-order valence-corrected chi connectivity index (χ4v) is 6.99. The van der Waals surface area contributed by atoms with Crippen molar-refractivity contribution in [1.82, 2.24) is 14.7 Å². The van der Waals surface area contributed by atoms with E-state index in [-0.39, 0.29) is 58.7 Å². The summed E-state index contributed by atoms with van der Waals surface area (Å²) in [5, 5.41) is 13.6. The van der Waals surface area contributed by atoms with Crippen LogP contribution in [0.2, 0.25) is 10.0 Å². The summed E-state index contributed by atoms with van der Waals surface area (Å²) in [6.07, 6.45) is -1.91. The number of ketones is 1. The van der Waals surface area contributed by atoms with Crippen molar-refractivity contribution in [2.75, 3.05) is 13.1 Å². The van der Waals surface area contributed by atoms with Crippen LogP contribution in [0.5, 0.6) is 0 Å². The first-order chi connectivity index (χ1) is 18.6. The Morgan fingerprint density at radius 2 is 1.77 bits per heavy atom. The SMILES string of the molecule is C[C@@H]1C[C@H](n2ncc(C(=O)N(CC(=O)c3c(Cl)cccc3Cl)CC3CC(C)(C)C3)c2C(F)(F)F)CC[C@@H]1C(=O)O. The van der Waals surface area contributed by atoms with Gasteiger partial charge in [-0.15, -0.1) is 0 Å². The highest BCUT2D eigenvalue weighted by Gasteiger charge is 2.45. The van der Waals surface area contributed by atoms with Gasteiger partial charge in [0.25, 0.3) is 5.91 Å². The maximum Gasteiger partial charge on any atom is 0.433 e. The number of hydrogen-bond acceptors (Lipinski definition) is 4. The molecule has 0 spiro atoms. The Hall–Kier alpha value is -2.59. The van der Waals surface area contributed by atoms with Gasteiger partial charge in [-0.3, -0.25) is 19.1 Å². The molecule has 3 atom stereocenters. The monoisotopic (exact) mass is 601 g/mol. The van der Waals surface area contributed by atoms with E-state index < -0.39 is 53.6 Å². The number of nitrogens with zero attached hydrogens (tertiary/aromatic N) is 3. The van der Waals surface area contributed by atoms with Gasteiger partial charge in [0.05, 0.1) is 45.9 Å². The van der Waals surface area contributed by atoms with Gasteiger partial charge in [0.15, 0.2) is 11.5 Å². The molecule has 0 radical (unpaired) electrons. The summed E-state index contributed by atoms with van der Waals surface area (Å²) in [6, 6.07) is 3.81. The second kappa shape index (κ2) is 11.4. The zero-order valence-corrected chi connectivity index (χ0v) is 24.0. The Kier molecular flexibility index (Phi) is 8.62. The third kappa shape index (κ3) is 6.33. The van der Waals surface area contributed by atoms with Crippen molar-refractivity contribution in [2.24, 2.45) is 23.2 Å². The third-order valence-corrected chi connectivity index (χ3v) is 8.75. The summed E-state index contributed by atoms with van der Waals surface area (Å²) in [4.78, 5) is 39.7. The number of hydrogen-bond donors (Lipinski definition) is 1. The maximum absolute atomic E-state index is 14.5. The smallest absolute Gasteiger partial charge is 0.433 e.